The predicted molar refractivity (Wildman–Crippen MR) is 81.7 cm³/mol. The van der Waals surface area contributed by atoms with Crippen LogP contribution < -0.4 is 19.9 Å². The van der Waals surface area contributed by atoms with Crippen LogP contribution in [0.2, 0.25) is 0 Å². The van der Waals surface area contributed by atoms with Crippen molar-refractivity contribution in [1.82, 2.24) is 0 Å². The molecule has 2 N–H and O–H groups in total. The molecule has 0 heterocycles. The number of ether oxygens (including phenoxy) is 3. The summed E-state index contributed by atoms with van der Waals surface area (Å²) in [6, 6.07) is 3.78. The van der Waals surface area contributed by atoms with Crippen LogP contribution in [-0.2, 0) is 0 Å². The summed E-state index contributed by atoms with van der Waals surface area (Å²) in [6.45, 7) is 4.45. The standard InChI is InChI=1S/C16H27NO3/c1-11(2)7-6-8-13(17)12-9-10-14(18-3)16(20-5)15(12)19-4/h9-11,13H,6-8,17H2,1-5H3. The fraction of sp³-hybridized carbons (Fsp3) is 0.625. The van der Waals surface area contributed by atoms with E-state index in [1.807, 2.05) is 12.1 Å². The van der Waals surface area contributed by atoms with Crippen LogP contribution in [0.5, 0.6) is 17.2 Å². The highest BCUT2D eigenvalue weighted by Gasteiger charge is 2.19. The largest absolute Gasteiger partial charge is 0.493 e. The van der Waals surface area contributed by atoms with Crippen molar-refractivity contribution < 1.29 is 14.2 Å². The minimum absolute atomic E-state index is 0.0523. The van der Waals surface area contributed by atoms with Crippen molar-refractivity contribution in [1.29, 1.82) is 0 Å². The molecule has 0 fully saturated rings. The highest BCUT2D eigenvalue weighted by atomic mass is 16.5. The molecule has 0 aliphatic rings. The highest BCUT2D eigenvalue weighted by Crippen LogP contribution is 2.42. The van der Waals surface area contributed by atoms with E-state index in [1.165, 1.54) is 6.42 Å². The Hall–Kier alpha value is -1.42. The molecular weight excluding hydrogens is 254 g/mol. The van der Waals surface area contributed by atoms with E-state index in [9.17, 15) is 0 Å². The van der Waals surface area contributed by atoms with E-state index in [2.05, 4.69) is 13.8 Å². The van der Waals surface area contributed by atoms with E-state index in [-0.39, 0.29) is 6.04 Å². The first-order valence-corrected chi connectivity index (χ1v) is 7.09. The Morgan fingerprint density at radius 1 is 0.950 bits per heavy atom. The zero-order valence-electron chi connectivity index (χ0n) is 13.2. The number of methoxy groups -OCH3 is 3. The summed E-state index contributed by atoms with van der Waals surface area (Å²) in [5.41, 5.74) is 7.26. The Kier molecular flexibility index (Phi) is 6.65. The van der Waals surface area contributed by atoms with Crippen LogP contribution in [0.1, 0.15) is 44.7 Å². The summed E-state index contributed by atoms with van der Waals surface area (Å²) in [7, 11) is 4.84. The summed E-state index contributed by atoms with van der Waals surface area (Å²) in [4.78, 5) is 0. The van der Waals surface area contributed by atoms with Crippen LogP contribution in [0, 0.1) is 5.92 Å². The molecule has 4 heteroatoms. The lowest BCUT2D eigenvalue weighted by Gasteiger charge is -2.20. The Morgan fingerprint density at radius 2 is 1.60 bits per heavy atom. The maximum absolute atomic E-state index is 6.30. The summed E-state index contributed by atoms with van der Waals surface area (Å²) >= 11 is 0. The minimum atomic E-state index is -0.0523. The molecule has 1 aromatic carbocycles. The monoisotopic (exact) mass is 281 g/mol. The quantitative estimate of drug-likeness (QED) is 0.792. The molecular formula is C16H27NO3. The van der Waals surface area contributed by atoms with Crippen LogP contribution >= 0.6 is 0 Å². The second-order valence-corrected chi connectivity index (χ2v) is 5.35. The molecule has 20 heavy (non-hydrogen) atoms. The second-order valence-electron chi connectivity index (χ2n) is 5.35. The minimum Gasteiger partial charge on any atom is -0.493 e. The first kappa shape index (κ1) is 16.6. The van der Waals surface area contributed by atoms with Gasteiger partial charge in [0.15, 0.2) is 11.5 Å². The van der Waals surface area contributed by atoms with Crippen molar-refractivity contribution in [3.8, 4) is 17.2 Å². The maximum atomic E-state index is 6.30. The molecule has 0 amide bonds. The zero-order valence-corrected chi connectivity index (χ0v) is 13.2. The average Bonchev–Trinajstić information content (AvgIpc) is 2.44. The van der Waals surface area contributed by atoms with Crippen molar-refractivity contribution >= 4 is 0 Å². The lowest BCUT2D eigenvalue weighted by molar-refractivity contribution is 0.320. The Morgan fingerprint density at radius 3 is 2.10 bits per heavy atom. The number of nitrogens with two attached hydrogens (primary N) is 1. The van der Waals surface area contributed by atoms with E-state index in [0.29, 0.717) is 23.2 Å². The Balaban J connectivity index is 2.93. The molecule has 0 radical (unpaired) electrons. The van der Waals surface area contributed by atoms with Crippen molar-refractivity contribution in [3.05, 3.63) is 17.7 Å². The van der Waals surface area contributed by atoms with Gasteiger partial charge in [0.25, 0.3) is 0 Å². The van der Waals surface area contributed by atoms with Crippen molar-refractivity contribution in [2.24, 2.45) is 11.7 Å². The van der Waals surface area contributed by atoms with Crippen molar-refractivity contribution in [2.75, 3.05) is 21.3 Å². The lowest BCUT2D eigenvalue weighted by atomic mass is 9.97. The van der Waals surface area contributed by atoms with Crippen molar-refractivity contribution in [3.63, 3.8) is 0 Å². The van der Waals surface area contributed by atoms with Gasteiger partial charge in [0.2, 0.25) is 5.75 Å². The fourth-order valence-corrected chi connectivity index (χ4v) is 2.32. The molecule has 1 unspecified atom stereocenters. The molecule has 0 aromatic heterocycles. The molecule has 0 saturated carbocycles. The number of hydrogen-bond donors (Lipinski definition) is 1. The van der Waals surface area contributed by atoms with E-state index in [1.54, 1.807) is 21.3 Å². The van der Waals surface area contributed by atoms with Gasteiger partial charge in [-0.3, -0.25) is 0 Å². The third-order valence-electron chi connectivity index (χ3n) is 3.43. The highest BCUT2D eigenvalue weighted by molar-refractivity contribution is 5.56. The smallest absolute Gasteiger partial charge is 0.203 e. The Bertz CT molecular complexity index is 418. The summed E-state index contributed by atoms with van der Waals surface area (Å²) < 4.78 is 16.1. The fourth-order valence-electron chi connectivity index (χ4n) is 2.32. The molecule has 0 aliphatic heterocycles. The second kappa shape index (κ2) is 8.00. The van der Waals surface area contributed by atoms with Crippen molar-refractivity contribution in [2.45, 2.75) is 39.2 Å². The molecule has 0 bridgehead atoms. The van der Waals surface area contributed by atoms with Gasteiger partial charge in [-0.2, -0.15) is 0 Å². The van der Waals surface area contributed by atoms with E-state index < -0.39 is 0 Å². The average molecular weight is 281 g/mol. The summed E-state index contributed by atoms with van der Waals surface area (Å²) in [6.07, 6.45) is 3.23. The maximum Gasteiger partial charge on any atom is 0.203 e. The lowest BCUT2D eigenvalue weighted by Crippen LogP contribution is -2.12. The zero-order chi connectivity index (χ0) is 15.1. The number of hydrogen-bond acceptors (Lipinski definition) is 4. The van der Waals surface area contributed by atoms with Crippen LogP contribution in [0.3, 0.4) is 0 Å². The SMILES string of the molecule is COc1ccc(C(N)CCCC(C)C)c(OC)c1OC. The predicted octanol–water partition coefficient (Wildman–Crippen LogP) is 3.54. The van der Waals surface area contributed by atoms with Gasteiger partial charge in [0.05, 0.1) is 21.3 Å². The molecule has 0 saturated heterocycles. The van der Waals surface area contributed by atoms with Crippen LogP contribution in [0.15, 0.2) is 12.1 Å². The van der Waals surface area contributed by atoms with E-state index in [0.717, 1.165) is 18.4 Å². The third kappa shape index (κ3) is 4.04. The van der Waals surface area contributed by atoms with Gasteiger partial charge >= 0.3 is 0 Å². The van der Waals surface area contributed by atoms with Crippen LogP contribution in [0.4, 0.5) is 0 Å². The number of rotatable bonds is 8. The van der Waals surface area contributed by atoms with Gasteiger partial charge in [-0.1, -0.05) is 26.7 Å². The molecule has 114 valence electrons. The number of benzene rings is 1. The molecule has 0 aliphatic carbocycles. The summed E-state index contributed by atoms with van der Waals surface area (Å²) in [5.74, 6) is 2.63. The first-order chi connectivity index (χ1) is 9.54. The first-order valence-electron chi connectivity index (χ1n) is 7.09. The third-order valence-corrected chi connectivity index (χ3v) is 3.43. The Labute approximate surface area is 122 Å². The normalized spacial score (nSPS) is 12.3. The topological polar surface area (TPSA) is 53.7 Å². The van der Waals surface area contributed by atoms with Gasteiger partial charge in [-0.25, -0.2) is 0 Å². The van der Waals surface area contributed by atoms with Gasteiger partial charge in [-0.05, 0) is 24.5 Å². The molecule has 1 rings (SSSR count). The van der Waals surface area contributed by atoms with E-state index in [4.69, 9.17) is 19.9 Å². The van der Waals surface area contributed by atoms with Gasteiger partial charge in [-0.15, -0.1) is 0 Å². The van der Waals surface area contributed by atoms with Gasteiger partial charge in [0.1, 0.15) is 0 Å². The summed E-state index contributed by atoms with van der Waals surface area (Å²) in [5, 5.41) is 0. The van der Waals surface area contributed by atoms with E-state index >= 15 is 0 Å². The molecule has 1 aromatic rings. The van der Waals surface area contributed by atoms with Crippen LogP contribution in [-0.4, -0.2) is 21.3 Å². The van der Waals surface area contributed by atoms with Gasteiger partial charge < -0.3 is 19.9 Å². The molecule has 0 spiro atoms. The van der Waals surface area contributed by atoms with Gasteiger partial charge in [0, 0.05) is 11.6 Å². The molecule has 4 nitrogen and oxygen atoms in total. The van der Waals surface area contributed by atoms with Crippen LogP contribution in [0.25, 0.3) is 0 Å². The molecule has 1 atom stereocenters.